The minimum Gasteiger partial charge on any atom is -0.269 e. The number of benzene rings is 1. The van der Waals surface area contributed by atoms with Crippen LogP contribution in [0.15, 0.2) is 58.6 Å². The number of aromatic nitrogens is 5. The van der Waals surface area contributed by atoms with Crippen LogP contribution >= 0.6 is 23.4 Å². The van der Waals surface area contributed by atoms with Crippen molar-refractivity contribution in [2.75, 3.05) is 0 Å². The van der Waals surface area contributed by atoms with E-state index in [0.717, 1.165) is 11.1 Å². The Morgan fingerprint density at radius 3 is 2.81 bits per heavy atom. The van der Waals surface area contributed by atoms with Crippen LogP contribution in [0.2, 0.25) is 5.02 Å². The van der Waals surface area contributed by atoms with Crippen molar-refractivity contribution in [1.82, 2.24) is 24.6 Å². The SMILES string of the molecule is Cc1cccn2c(=O)cc(CSc3n[nH]c(-c4ccc(Cl)cc4)n3)nc12. The topological polar surface area (TPSA) is 75.9 Å². The molecule has 1 aromatic carbocycles. The molecule has 0 saturated carbocycles. The lowest BCUT2D eigenvalue weighted by atomic mass is 10.2. The molecule has 0 atom stereocenters. The van der Waals surface area contributed by atoms with E-state index in [1.165, 1.54) is 11.8 Å². The van der Waals surface area contributed by atoms with Crippen molar-refractivity contribution in [2.24, 2.45) is 0 Å². The molecule has 1 N–H and O–H groups in total. The third kappa shape index (κ3) is 3.36. The Morgan fingerprint density at radius 2 is 2.00 bits per heavy atom. The van der Waals surface area contributed by atoms with Crippen LogP contribution in [0.4, 0.5) is 0 Å². The average Bonchev–Trinajstić information content (AvgIpc) is 3.10. The molecule has 4 rings (SSSR count). The van der Waals surface area contributed by atoms with Crippen LogP contribution in [0.1, 0.15) is 11.3 Å². The predicted octanol–water partition coefficient (Wildman–Crippen LogP) is 3.73. The van der Waals surface area contributed by atoms with Gasteiger partial charge < -0.3 is 0 Å². The molecule has 0 aliphatic heterocycles. The summed E-state index contributed by atoms with van der Waals surface area (Å²) in [6.07, 6.45) is 1.72. The smallest absolute Gasteiger partial charge is 0.258 e. The van der Waals surface area contributed by atoms with Gasteiger partial charge in [-0.15, -0.1) is 5.10 Å². The number of nitrogens with one attached hydrogen (secondary N) is 1. The summed E-state index contributed by atoms with van der Waals surface area (Å²) in [6.45, 7) is 1.94. The number of H-pyrrole nitrogens is 1. The summed E-state index contributed by atoms with van der Waals surface area (Å²) < 4.78 is 1.55. The zero-order valence-electron chi connectivity index (χ0n) is 13.8. The van der Waals surface area contributed by atoms with Crippen LogP contribution in [0.3, 0.4) is 0 Å². The summed E-state index contributed by atoms with van der Waals surface area (Å²) in [6, 6.07) is 12.7. The highest BCUT2D eigenvalue weighted by atomic mass is 35.5. The monoisotopic (exact) mass is 383 g/mol. The number of nitrogens with zero attached hydrogens (tertiary/aromatic N) is 4. The first-order valence-corrected chi connectivity index (χ1v) is 9.25. The van der Waals surface area contributed by atoms with Crippen LogP contribution in [-0.2, 0) is 5.75 Å². The summed E-state index contributed by atoms with van der Waals surface area (Å²) in [5.41, 5.74) is 3.15. The Kier molecular flexibility index (Phi) is 4.48. The Hall–Kier alpha value is -2.64. The number of hydrogen-bond donors (Lipinski definition) is 1. The van der Waals surface area contributed by atoms with Gasteiger partial charge in [-0.25, -0.2) is 9.97 Å². The second-order valence-corrected chi connectivity index (χ2v) is 7.11. The third-order valence-electron chi connectivity index (χ3n) is 3.87. The van der Waals surface area contributed by atoms with Crippen molar-refractivity contribution >= 4 is 29.0 Å². The maximum absolute atomic E-state index is 12.2. The first kappa shape index (κ1) is 16.8. The molecule has 0 aliphatic carbocycles. The van der Waals surface area contributed by atoms with E-state index in [4.69, 9.17) is 11.6 Å². The minimum absolute atomic E-state index is 0.0915. The molecule has 6 nitrogen and oxygen atoms in total. The van der Waals surface area contributed by atoms with Crippen LogP contribution < -0.4 is 5.56 Å². The molecule has 0 spiro atoms. The molecule has 130 valence electrons. The normalized spacial score (nSPS) is 11.2. The lowest BCUT2D eigenvalue weighted by Gasteiger charge is -2.05. The van der Waals surface area contributed by atoms with Crippen molar-refractivity contribution < 1.29 is 0 Å². The quantitative estimate of drug-likeness (QED) is 0.543. The van der Waals surface area contributed by atoms with Gasteiger partial charge >= 0.3 is 0 Å². The second-order valence-electron chi connectivity index (χ2n) is 5.73. The summed E-state index contributed by atoms with van der Waals surface area (Å²) >= 11 is 7.33. The molecule has 3 heterocycles. The Bertz CT molecular complexity index is 1140. The number of pyridine rings is 1. The van der Waals surface area contributed by atoms with Gasteiger partial charge in [0.25, 0.3) is 5.56 Å². The van der Waals surface area contributed by atoms with Gasteiger partial charge in [0.2, 0.25) is 5.16 Å². The number of rotatable bonds is 4. The van der Waals surface area contributed by atoms with Gasteiger partial charge in [0, 0.05) is 28.6 Å². The average molecular weight is 384 g/mol. The number of thioether (sulfide) groups is 1. The molecule has 0 amide bonds. The highest BCUT2D eigenvalue weighted by Crippen LogP contribution is 2.23. The lowest BCUT2D eigenvalue weighted by molar-refractivity contribution is 0.967. The molecular formula is C18H14ClN5OS. The molecule has 0 unspecified atom stereocenters. The second kappa shape index (κ2) is 6.93. The van der Waals surface area contributed by atoms with Crippen molar-refractivity contribution in [3.8, 4) is 11.4 Å². The number of hydrogen-bond acceptors (Lipinski definition) is 5. The zero-order valence-corrected chi connectivity index (χ0v) is 15.4. The Balaban J connectivity index is 1.54. The molecule has 8 heteroatoms. The van der Waals surface area contributed by atoms with Gasteiger partial charge in [0.05, 0.1) is 5.69 Å². The fourth-order valence-electron chi connectivity index (χ4n) is 2.57. The highest BCUT2D eigenvalue weighted by molar-refractivity contribution is 7.98. The van der Waals surface area contributed by atoms with Crippen LogP contribution in [-0.4, -0.2) is 24.6 Å². The molecule has 0 aliphatic rings. The third-order valence-corrected chi connectivity index (χ3v) is 5.00. The van der Waals surface area contributed by atoms with Crippen molar-refractivity contribution in [3.63, 3.8) is 0 Å². The summed E-state index contributed by atoms with van der Waals surface area (Å²) in [4.78, 5) is 21.3. The molecule has 3 aromatic heterocycles. The number of aromatic amines is 1. The zero-order chi connectivity index (χ0) is 18.1. The maximum atomic E-state index is 12.2. The van der Waals surface area contributed by atoms with Crippen molar-refractivity contribution in [2.45, 2.75) is 17.8 Å². The van der Waals surface area contributed by atoms with E-state index in [1.807, 2.05) is 31.2 Å². The van der Waals surface area contributed by atoms with Gasteiger partial charge in [-0.2, -0.15) is 0 Å². The van der Waals surface area contributed by atoms with Gasteiger partial charge in [0.1, 0.15) is 5.65 Å². The van der Waals surface area contributed by atoms with Gasteiger partial charge in [0.15, 0.2) is 5.82 Å². The standard InChI is InChI=1S/C18H14ClN5OS/c1-11-3-2-8-24-15(25)9-14(20-17(11)24)10-26-18-21-16(22-23-18)12-4-6-13(19)7-5-12/h2-9H,10H2,1H3,(H,21,22,23). The summed E-state index contributed by atoms with van der Waals surface area (Å²) in [7, 11) is 0. The van der Waals surface area contributed by atoms with E-state index in [9.17, 15) is 4.79 Å². The number of fused-ring (bicyclic) bond motifs is 1. The minimum atomic E-state index is -0.0915. The fourth-order valence-corrected chi connectivity index (χ4v) is 3.39. The molecule has 0 radical (unpaired) electrons. The van der Waals surface area contributed by atoms with Crippen LogP contribution in [0.25, 0.3) is 17.0 Å². The summed E-state index contributed by atoms with van der Waals surface area (Å²) in [5, 5.41) is 8.40. The Labute approximate surface area is 158 Å². The van der Waals surface area contributed by atoms with Crippen molar-refractivity contribution in [1.29, 1.82) is 0 Å². The fraction of sp³-hybridized carbons (Fsp3) is 0.111. The van der Waals surface area contributed by atoms with E-state index < -0.39 is 0 Å². The summed E-state index contributed by atoms with van der Waals surface area (Å²) in [5.74, 6) is 1.18. The van der Waals surface area contributed by atoms with E-state index in [2.05, 4.69) is 20.2 Å². The first-order chi connectivity index (χ1) is 12.6. The first-order valence-electron chi connectivity index (χ1n) is 7.89. The number of halogens is 1. The molecule has 4 aromatic rings. The van der Waals surface area contributed by atoms with Crippen LogP contribution in [0, 0.1) is 6.92 Å². The molecule has 0 bridgehead atoms. The molecular weight excluding hydrogens is 370 g/mol. The maximum Gasteiger partial charge on any atom is 0.258 e. The van der Waals surface area contributed by atoms with E-state index in [1.54, 1.807) is 28.8 Å². The largest absolute Gasteiger partial charge is 0.269 e. The van der Waals surface area contributed by atoms with E-state index in [0.29, 0.717) is 33.1 Å². The predicted molar refractivity (Wildman–Crippen MR) is 103 cm³/mol. The molecule has 26 heavy (non-hydrogen) atoms. The van der Waals surface area contributed by atoms with Crippen LogP contribution in [0.5, 0.6) is 0 Å². The van der Waals surface area contributed by atoms with Crippen molar-refractivity contribution in [3.05, 3.63) is 75.3 Å². The van der Waals surface area contributed by atoms with E-state index in [-0.39, 0.29) is 5.56 Å². The molecule has 0 saturated heterocycles. The van der Waals surface area contributed by atoms with E-state index >= 15 is 0 Å². The highest BCUT2D eigenvalue weighted by Gasteiger charge is 2.09. The molecule has 0 fully saturated rings. The number of aryl methyl sites for hydroxylation is 1. The van der Waals surface area contributed by atoms with Gasteiger partial charge in [-0.1, -0.05) is 29.4 Å². The lowest BCUT2D eigenvalue weighted by Crippen LogP contribution is -2.15. The van der Waals surface area contributed by atoms with Gasteiger partial charge in [-0.05, 0) is 42.8 Å². The Morgan fingerprint density at radius 1 is 1.19 bits per heavy atom. The van der Waals surface area contributed by atoms with Gasteiger partial charge in [-0.3, -0.25) is 14.3 Å².